The molecule has 0 unspecified atom stereocenters. The van der Waals surface area contributed by atoms with Crippen LogP contribution >= 0.6 is 11.8 Å². The van der Waals surface area contributed by atoms with E-state index in [2.05, 4.69) is 0 Å². The zero-order chi connectivity index (χ0) is 11.3. The molecule has 0 saturated heterocycles. The number of nitrogens with two attached hydrogens (primary N) is 2. The van der Waals surface area contributed by atoms with Crippen LogP contribution in [-0.2, 0) is 4.79 Å². The van der Waals surface area contributed by atoms with Gasteiger partial charge in [0.25, 0.3) is 0 Å². The van der Waals surface area contributed by atoms with Gasteiger partial charge in [-0.1, -0.05) is 0 Å². The molecule has 0 bridgehead atoms. The van der Waals surface area contributed by atoms with Gasteiger partial charge in [-0.2, -0.15) is 5.26 Å². The zero-order valence-electron chi connectivity index (χ0n) is 7.81. The third kappa shape index (κ3) is 3.37. The molecule has 76 valence electrons. The molecule has 0 atom stereocenters. The summed E-state index contributed by atoms with van der Waals surface area (Å²) in [5, 5.41) is 10.4. The number of carbonyl (C=O) groups is 1. The molecular formula is C10H9N3OS. The summed E-state index contributed by atoms with van der Waals surface area (Å²) in [5.74, 6) is -0.535. The summed E-state index contributed by atoms with van der Waals surface area (Å²) < 4.78 is 0. The summed E-state index contributed by atoms with van der Waals surface area (Å²) in [7, 11) is 0. The number of benzene rings is 1. The van der Waals surface area contributed by atoms with Crippen molar-refractivity contribution in [2.24, 2.45) is 5.73 Å². The first-order valence-corrected chi connectivity index (χ1v) is 4.88. The van der Waals surface area contributed by atoms with Gasteiger partial charge in [0.05, 0.1) is 0 Å². The molecule has 1 aromatic rings. The minimum absolute atomic E-state index is 0.535. The lowest BCUT2D eigenvalue weighted by molar-refractivity contribution is -0.113. The lowest BCUT2D eigenvalue weighted by Crippen LogP contribution is -2.05. The number of nitriles is 1. The predicted molar refractivity (Wildman–Crippen MR) is 60.6 cm³/mol. The van der Waals surface area contributed by atoms with E-state index in [0.717, 1.165) is 16.7 Å². The number of rotatable bonds is 3. The molecule has 1 aromatic carbocycles. The number of nitrogen functional groups attached to an aromatic ring is 1. The molecule has 0 fully saturated rings. The van der Waals surface area contributed by atoms with Crippen molar-refractivity contribution in [2.75, 3.05) is 5.73 Å². The topological polar surface area (TPSA) is 92.9 Å². The van der Waals surface area contributed by atoms with E-state index >= 15 is 0 Å². The van der Waals surface area contributed by atoms with Crippen molar-refractivity contribution in [3.8, 4) is 5.40 Å². The van der Waals surface area contributed by atoms with Crippen LogP contribution in [-0.4, -0.2) is 5.91 Å². The summed E-state index contributed by atoms with van der Waals surface area (Å²) >= 11 is 1.03. The van der Waals surface area contributed by atoms with Crippen LogP contribution in [0.3, 0.4) is 0 Å². The van der Waals surface area contributed by atoms with Gasteiger partial charge in [0.2, 0.25) is 5.91 Å². The van der Waals surface area contributed by atoms with E-state index in [0.29, 0.717) is 11.3 Å². The number of primary amides is 1. The number of carbonyl (C=O) groups excluding carboxylic acids is 1. The van der Waals surface area contributed by atoms with Gasteiger partial charge in [0.15, 0.2) is 0 Å². The second-order valence-electron chi connectivity index (χ2n) is 2.72. The molecule has 0 spiro atoms. The molecule has 0 aromatic heterocycles. The molecule has 1 amide bonds. The highest BCUT2D eigenvalue weighted by molar-refractivity contribution is 8.03. The van der Waals surface area contributed by atoms with Gasteiger partial charge in [-0.25, -0.2) is 0 Å². The standard InChI is InChI=1S/C10H9N3OS/c11-6-15-8-2-3-9(12)7(5-8)1-4-10(13)14/h1-5H,12H2,(H2,13,14). The molecule has 15 heavy (non-hydrogen) atoms. The number of nitrogens with zero attached hydrogens (tertiary/aromatic N) is 1. The number of thioether (sulfide) groups is 1. The first-order chi connectivity index (χ1) is 7.13. The summed E-state index contributed by atoms with van der Waals surface area (Å²) in [5.41, 5.74) is 11.9. The fraction of sp³-hybridized carbons (Fsp3) is 0. The third-order valence-electron chi connectivity index (χ3n) is 1.65. The number of anilines is 1. The first kappa shape index (κ1) is 11.1. The third-order valence-corrected chi connectivity index (χ3v) is 2.23. The number of hydrogen-bond donors (Lipinski definition) is 2. The Morgan fingerprint density at radius 1 is 1.53 bits per heavy atom. The van der Waals surface area contributed by atoms with E-state index in [1.807, 2.05) is 5.40 Å². The molecule has 0 radical (unpaired) electrons. The molecule has 1 rings (SSSR count). The fourth-order valence-corrected chi connectivity index (χ4v) is 1.41. The molecule has 0 heterocycles. The molecule has 0 aliphatic heterocycles. The lowest BCUT2D eigenvalue weighted by atomic mass is 10.1. The minimum Gasteiger partial charge on any atom is -0.398 e. The van der Waals surface area contributed by atoms with Crippen molar-refractivity contribution in [3.63, 3.8) is 0 Å². The second-order valence-corrected chi connectivity index (χ2v) is 3.58. The minimum atomic E-state index is -0.535. The quantitative estimate of drug-likeness (QED) is 0.347. The maximum Gasteiger partial charge on any atom is 0.241 e. The Kier molecular flexibility index (Phi) is 3.77. The molecule has 0 aliphatic rings. The van der Waals surface area contributed by atoms with E-state index in [1.165, 1.54) is 12.2 Å². The molecule has 4 N–H and O–H groups in total. The molecular weight excluding hydrogens is 210 g/mol. The number of amides is 1. The van der Waals surface area contributed by atoms with Crippen molar-refractivity contribution in [1.29, 1.82) is 5.26 Å². The summed E-state index contributed by atoms with van der Waals surface area (Å²) in [6, 6.07) is 5.15. The monoisotopic (exact) mass is 219 g/mol. The van der Waals surface area contributed by atoms with Crippen LogP contribution in [0, 0.1) is 10.7 Å². The Morgan fingerprint density at radius 3 is 2.87 bits per heavy atom. The van der Waals surface area contributed by atoms with Gasteiger partial charge >= 0.3 is 0 Å². The van der Waals surface area contributed by atoms with Crippen LogP contribution in [0.25, 0.3) is 6.08 Å². The smallest absolute Gasteiger partial charge is 0.241 e. The van der Waals surface area contributed by atoms with Gasteiger partial charge in [-0.3, -0.25) is 4.79 Å². The SMILES string of the molecule is N#CSc1ccc(N)c(C=CC(N)=O)c1. The van der Waals surface area contributed by atoms with Gasteiger partial charge < -0.3 is 11.5 Å². The lowest BCUT2D eigenvalue weighted by Gasteiger charge is -2.01. The highest BCUT2D eigenvalue weighted by atomic mass is 32.2. The van der Waals surface area contributed by atoms with Crippen LogP contribution in [0.1, 0.15) is 5.56 Å². The van der Waals surface area contributed by atoms with Gasteiger partial charge in [-0.15, -0.1) is 0 Å². The molecule has 0 saturated carbocycles. The number of hydrogen-bond acceptors (Lipinski definition) is 4. The summed E-state index contributed by atoms with van der Waals surface area (Å²) in [4.78, 5) is 11.3. The van der Waals surface area contributed by atoms with Gasteiger partial charge in [0, 0.05) is 16.7 Å². The second kappa shape index (κ2) is 5.08. The Bertz CT molecular complexity index is 448. The van der Waals surface area contributed by atoms with E-state index in [9.17, 15) is 4.79 Å². The maximum atomic E-state index is 10.5. The van der Waals surface area contributed by atoms with Gasteiger partial charge in [-0.05, 0) is 41.6 Å². The van der Waals surface area contributed by atoms with Crippen molar-refractivity contribution in [1.82, 2.24) is 0 Å². The van der Waals surface area contributed by atoms with Crippen LogP contribution in [0.2, 0.25) is 0 Å². The summed E-state index contributed by atoms with van der Waals surface area (Å²) in [6.07, 6.45) is 2.76. The average Bonchev–Trinajstić information content (AvgIpc) is 2.19. The van der Waals surface area contributed by atoms with E-state index in [4.69, 9.17) is 16.7 Å². The normalized spacial score (nSPS) is 10.1. The average molecular weight is 219 g/mol. The first-order valence-electron chi connectivity index (χ1n) is 4.06. The van der Waals surface area contributed by atoms with Crippen LogP contribution < -0.4 is 11.5 Å². The summed E-state index contributed by atoms with van der Waals surface area (Å²) in [6.45, 7) is 0. The van der Waals surface area contributed by atoms with Crippen LogP contribution in [0.4, 0.5) is 5.69 Å². The van der Waals surface area contributed by atoms with Crippen molar-refractivity contribution in [3.05, 3.63) is 29.8 Å². The highest BCUT2D eigenvalue weighted by Crippen LogP contribution is 2.22. The highest BCUT2D eigenvalue weighted by Gasteiger charge is 1.99. The zero-order valence-corrected chi connectivity index (χ0v) is 8.62. The Balaban J connectivity index is 3.01. The van der Waals surface area contributed by atoms with E-state index in [1.54, 1.807) is 18.2 Å². The van der Waals surface area contributed by atoms with Gasteiger partial charge in [0.1, 0.15) is 5.40 Å². The van der Waals surface area contributed by atoms with E-state index < -0.39 is 5.91 Å². The Hall–Kier alpha value is -1.93. The van der Waals surface area contributed by atoms with E-state index in [-0.39, 0.29) is 0 Å². The Morgan fingerprint density at radius 2 is 2.27 bits per heavy atom. The Labute approximate surface area is 91.6 Å². The van der Waals surface area contributed by atoms with Crippen molar-refractivity contribution < 1.29 is 4.79 Å². The van der Waals surface area contributed by atoms with Crippen molar-refractivity contribution in [2.45, 2.75) is 4.90 Å². The molecule has 4 nitrogen and oxygen atoms in total. The predicted octanol–water partition coefficient (Wildman–Crippen LogP) is 1.34. The fourth-order valence-electron chi connectivity index (χ4n) is 0.985. The van der Waals surface area contributed by atoms with Crippen molar-refractivity contribution >= 4 is 29.4 Å². The van der Waals surface area contributed by atoms with Crippen LogP contribution in [0.5, 0.6) is 0 Å². The maximum absolute atomic E-state index is 10.5. The van der Waals surface area contributed by atoms with Crippen LogP contribution in [0.15, 0.2) is 29.2 Å². The molecule has 5 heteroatoms. The largest absolute Gasteiger partial charge is 0.398 e. The molecule has 0 aliphatic carbocycles. The number of thiocyanates is 1.